The van der Waals surface area contributed by atoms with Crippen LogP contribution in [0, 0.1) is 0 Å². The number of fused-ring (bicyclic) bond motifs is 1. The number of rotatable bonds is 6. The number of amides is 2. The smallest absolute Gasteiger partial charge is 0.433 e. The number of halogens is 4. The molecule has 35 heavy (non-hydrogen) atoms. The number of nitrogens with one attached hydrogen (secondary N) is 2. The van der Waals surface area contributed by atoms with E-state index in [0.717, 1.165) is 18.3 Å². The molecule has 4 aliphatic rings. The quantitative estimate of drug-likeness (QED) is 0.550. The zero-order valence-corrected chi connectivity index (χ0v) is 18.9. The van der Waals surface area contributed by atoms with Crippen LogP contribution in [-0.2, 0) is 15.8 Å². The highest BCUT2D eigenvalue weighted by Crippen LogP contribution is 2.60. The van der Waals surface area contributed by atoms with E-state index in [0.29, 0.717) is 35.6 Å². The molecule has 0 radical (unpaired) electrons. The van der Waals surface area contributed by atoms with Gasteiger partial charge in [-0.15, -0.1) is 0 Å². The minimum atomic E-state index is -4.55. The predicted molar refractivity (Wildman–Crippen MR) is 116 cm³/mol. The topological polar surface area (TPSA) is 110 Å². The summed E-state index contributed by atoms with van der Waals surface area (Å²) < 4.78 is 48.7. The van der Waals surface area contributed by atoms with Crippen molar-refractivity contribution in [3.63, 3.8) is 0 Å². The summed E-state index contributed by atoms with van der Waals surface area (Å²) >= 11 is 5.96. The number of pyridine rings is 1. The van der Waals surface area contributed by atoms with Gasteiger partial charge in [0.05, 0.1) is 12.3 Å². The van der Waals surface area contributed by atoms with Crippen molar-refractivity contribution in [1.82, 2.24) is 15.6 Å². The molecule has 6 rings (SSSR count). The molecule has 2 aromatic rings. The van der Waals surface area contributed by atoms with Gasteiger partial charge in [0.2, 0.25) is 0 Å². The van der Waals surface area contributed by atoms with Crippen molar-refractivity contribution in [2.75, 3.05) is 6.61 Å². The molecule has 0 spiro atoms. The van der Waals surface area contributed by atoms with Gasteiger partial charge < -0.3 is 25.2 Å². The molecule has 0 unspecified atom stereocenters. The Hall–Kier alpha value is -3.05. The molecular weight excluding hydrogens is 491 g/mol. The summed E-state index contributed by atoms with van der Waals surface area (Å²) in [6, 6.07) is 6.74. The maximum absolute atomic E-state index is 12.8. The zero-order valence-electron chi connectivity index (χ0n) is 18.2. The van der Waals surface area contributed by atoms with Gasteiger partial charge in [-0.1, -0.05) is 11.6 Å². The lowest BCUT2D eigenvalue weighted by atomic mass is 9.44. The molecule has 0 saturated heterocycles. The molecule has 2 bridgehead atoms. The van der Waals surface area contributed by atoms with Gasteiger partial charge in [0.15, 0.2) is 12.7 Å². The maximum atomic E-state index is 12.8. The second-order valence-corrected chi connectivity index (χ2v) is 9.77. The predicted octanol–water partition coefficient (Wildman–Crippen LogP) is 2.92. The third-order valence-corrected chi connectivity index (χ3v) is 6.78. The number of alkyl halides is 3. The highest BCUT2D eigenvalue weighted by atomic mass is 35.5. The maximum Gasteiger partial charge on any atom is 0.433 e. The SMILES string of the molecule is O=C(COc1ccc(C(F)(F)F)nc1)NC12CC(NC(=O)[C@@H]3C[C@H](O)c4cc(Cl)ccc4O3)(C1)C2. The van der Waals surface area contributed by atoms with Crippen LogP contribution < -0.4 is 20.1 Å². The van der Waals surface area contributed by atoms with Crippen molar-refractivity contribution >= 4 is 23.4 Å². The minimum absolute atomic E-state index is 0.0491. The molecule has 3 fully saturated rings. The number of benzene rings is 1. The molecule has 1 aromatic carbocycles. The van der Waals surface area contributed by atoms with Crippen molar-refractivity contribution in [3.05, 3.63) is 52.8 Å². The standard InChI is InChI=1S/C23H21ClF3N3O5/c24-12-1-3-16-14(5-12)15(31)6-17(35-16)20(33)30-22-9-21(10-22,11-22)29-19(32)8-34-13-2-4-18(28-7-13)23(25,26)27/h1-5,7,15,17,31H,6,8-11H2,(H,29,32)(H,30,33)/t15-,17-,21?,22?/m0/s1. The van der Waals surface area contributed by atoms with Crippen molar-refractivity contribution < 1.29 is 37.3 Å². The Morgan fingerprint density at radius 3 is 2.54 bits per heavy atom. The van der Waals surface area contributed by atoms with Crippen molar-refractivity contribution in [2.45, 2.75) is 55.1 Å². The van der Waals surface area contributed by atoms with Crippen molar-refractivity contribution in [3.8, 4) is 11.5 Å². The van der Waals surface area contributed by atoms with E-state index < -0.39 is 41.1 Å². The first kappa shape index (κ1) is 23.7. The van der Waals surface area contributed by atoms with Gasteiger partial charge in [-0.3, -0.25) is 9.59 Å². The number of ether oxygens (including phenoxy) is 2. The first-order valence-electron chi connectivity index (χ1n) is 10.9. The fourth-order valence-corrected chi connectivity index (χ4v) is 5.27. The Balaban J connectivity index is 1.08. The molecule has 3 aliphatic carbocycles. The molecule has 1 aliphatic heterocycles. The summed E-state index contributed by atoms with van der Waals surface area (Å²) in [7, 11) is 0. The summed E-state index contributed by atoms with van der Waals surface area (Å²) in [5.74, 6) is -0.285. The van der Waals surface area contributed by atoms with Crippen LogP contribution in [0.2, 0.25) is 5.02 Å². The second-order valence-electron chi connectivity index (χ2n) is 9.33. The fourth-order valence-electron chi connectivity index (χ4n) is 5.09. The van der Waals surface area contributed by atoms with Crippen LogP contribution in [0.4, 0.5) is 13.2 Å². The molecule has 186 valence electrons. The van der Waals surface area contributed by atoms with Gasteiger partial charge >= 0.3 is 6.18 Å². The van der Waals surface area contributed by atoms with Crippen LogP contribution in [0.25, 0.3) is 0 Å². The fraction of sp³-hybridized carbons (Fsp3) is 0.435. The van der Waals surface area contributed by atoms with E-state index in [1.165, 1.54) is 0 Å². The van der Waals surface area contributed by atoms with Crippen LogP contribution in [-0.4, -0.2) is 45.7 Å². The molecule has 3 N–H and O–H groups in total. The molecule has 2 heterocycles. The van der Waals surface area contributed by atoms with Gasteiger partial charge in [0, 0.05) is 28.1 Å². The lowest BCUT2D eigenvalue weighted by Crippen LogP contribution is -2.84. The first-order valence-corrected chi connectivity index (χ1v) is 11.3. The summed E-state index contributed by atoms with van der Waals surface area (Å²) in [4.78, 5) is 28.3. The minimum Gasteiger partial charge on any atom is -0.482 e. The van der Waals surface area contributed by atoms with E-state index >= 15 is 0 Å². The van der Waals surface area contributed by atoms with Crippen molar-refractivity contribution in [1.29, 1.82) is 0 Å². The average molecular weight is 512 g/mol. The monoisotopic (exact) mass is 511 g/mol. The Labute approximate surface area is 202 Å². The second kappa shape index (κ2) is 8.27. The van der Waals surface area contributed by atoms with Crippen LogP contribution in [0.5, 0.6) is 11.5 Å². The Morgan fingerprint density at radius 2 is 1.89 bits per heavy atom. The molecular formula is C23H21ClF3N3O5. The number of aliphatic hydroxyl groups excluding tert-OH is 1. The van der Waals surface area contributed by atoms with Gasteiger partial charge in [0.1, 0.15) is 17.2 Å². The molecule has 1 aromatic heterocycles. The molecule has 2 amide bonds. The van der Waals surface area contributed by atoms with Crippen LogP contribution >= 0.6 is 11.6 Å². The van der Waals surface area contributed by atoms with Gasteiger partial charge in [-0.2, -0.15) is 13.2 Å². The van der Waals surface area contributed by atoms with Crippen LogP contribution in [0.3, 0.4) is 0 Å². The molecule has 3 saturated carbocycles. The van der Waals surface area contributed by atoms with Gasteiger partial charge in [-0.25, -0.2) is 4.98 Å². The van der Waals surface area contributed by atoms with Gasteiger partial charge in [-0.05, 0) is 49.6 Å². The number of hydrogen-bond acceptors (Lipinski definition) is 6. The van der Waals surface area contributed by atoms with E-state index in [-0.39, 0.29) is 24.7 Å². The Morgan fingerprint density at radius 1 is 1.17 bits per heavy atom. The van der Waals surface area contributed by atoms with Crippen LogP contribution in [0.15, 0.2) is 36.5 Å². The third kappa shape index (κ3) is 4.62. The molecule has 2 atom stereocenters. The highest BCUT2D eigenvalue weighted by Gasteiger charge is 2.69. The number of carbonyl (C=O) groups excluding carboxylic acids is 2. The van der Waals surface area contributed by atoms with E-state index in [2.05, 4.69) is 15.6 Å². The Kier molecular flexibility index (Phi) is 5.59. The van der Waals surface area contributed by atoms with E-state index in [1.54, 1.807) is 18.2 Å². The number of carbonyl (C=O) groups is 2. The summed E-state index contributed by atoms with van der Waals surface area (Å²) in [5, 5.41) is 16.7. The van der Waals surface area contributed by atoms with Crippen molar-refractivity contribution in [2.24, 2.45) is 0 Å². The highest BCUT2D eigenvalue weighted by molar-refractivity contribution is 6.30. The normalized spacial score (nSPS) is 28.5. The van der Waals surface area contributed by atoms with Gasteiger partial charge in [0.25, 0.3) is 11.8 Å². The van der Waals surface area contributed by atoms with E-state index in [1.807, 2.05) is 0 Å². The summed E-state index contributed by atoms with van der Waals surface area (Å²) in [6.45, 7) is -0.370. The molecule has 12 heteroatoms. The number of hydrogen-bond donors (Lipinski definition) is 3. The third-order valence-electron chi connectivity index (χ3n) is 6.55. The lowest BCUT2D eigenvalue weighted by molar-refractivity contribution is -0.155. The number of aliphatic hydroxyl groups is 1. The first-order chi connectivity index (χ1) is 16.5. The zero-order chi connectivity index (χ0) is 25.0. The van der Waals surface area contributed by atoms with Crippen LogP contribution in [0.1, 0.15) is 43.0 Å². The number of aromatic nitrogens is 1. The lowest BCUT2D eigenvalue weighted by Gasteiger charge is -2.70. The average Bonchev–Trinajstić information content (AvgIpc) is 2.75. The largest absolute Gasteiger partial charge is 0.482 e. The molecule has 8 nitrogen and oxygen atoms in total. The van der Waals surface area contributed by atoms with E-state index in [9.17, 15) is 27.9 Å². The number of nitrogens with zero attached hydrogens (tertiary/aromatic N) is 1. The Bertz CT molecular complexity index is 1150. The van der Waals surface area contributed by atoms with E-state index in [4.69, 9.17) is 21.1 Å². The summed E-state index contributed by atoms with van der Waals surface area (Å²) in [5.41, 5.74) is -1.38. The summed E-state index contributed by atoms with van der Waals surface area (Å²) in [6.07, 6.45) is -3.61.